The first-order valence-electron chi connectivity index (χ1n) is 9.41. The molecule has 1 aliphatic heterocycles. The van der Waals surface area contributed by atoms with E-state index in [1.165, 1.54) is 24.0 Å². The summed E-state index contributed by atoms with van der Waals surface area (Å²) in [6, 6.07) is 10.5. The van der Waals surface area contributed by atoms with Crippen LogP contribution in [0.2, 0.25) is 0 Å². The predicted molar refractivity (Wildman–Crippen MR) is 110 cm³/mol. The Bertz CT molecular complexity index is 891. The highest BCUT2D eigenvalue weighted by molar-refractivity contribution is 7.17. The predicted octanol–water partition coefficient (Wildman–Crippen LogP) is 4.51. The van der Waals surface area contributed by atoms with Crippen LogP contribution in [-0.2, 0) is 16.1 Å². The van der Waals surface area contributed by atoms with Gasteiger partial charge in [0.15, 0.2) is 5.82 Å². The monoisotopic (exact) mass is 383 g/mol. The van der Waals surface area contributed by atoms with Crippen LogP contribution in [0.15, 0.2) is 35.7 Å². The van der Waals surface area contributed by atoms with Crippen LogP contribution in [0.1, 0.15) is 25.1 Å². The second-order valence-electron chi connectivity index (χ2n) is 6.96. The zero-order chi connectivity index (χ0) is 18.6. The molecule has 0 bridgehead atoms. The van der Waals surface area contributed by atoms with Crippen molar-refractivity contribution in [3.8, 4) is 11.1 Å². The van der Waals surface area contributed by atoms with Gasteiger partial charge in [0.05, 0.1) is 11.5 Å². The fourth-order valence-electron chi connectivity index (χ4n) is 3.61. The topological polar surface area (TPSA) is 47.5 Å². The molecule has 3 aromatic rings. The molecule has 4 rings (SSSR count). The Kier molecular flexibility index (Phi) is 5.66. The van der Waals surface area contributed by atoms with Crippen LogP contribution in [-0.4, -0.2) is 43.4 Å². The van der Waals surface area contributed by atoms with Crippen LogP contribution in [0.25, 0.3) is 21.3 Å². The third-order valence-electron chi connectivity index (χ3n) is 4.93. The third-order valence-corrected chi connectivity index (χ3v) is 5.80. The Morgan fingerprint density at radius 2 is 2.07 bits per heavy atom. The third kappa shape index (κ3) is 3.98. The molecule has 0 N–H and O–H groups in total. The number of methoxy groups -OCH3 is 1. The average Bonchev–Trinajstić information content (AvgIpc) is 3.13. The number of aromatic nitrogens is 2. The van der Waals surface area contributed by atoms with E-state index in [4.69, 9.17) is 19.4 Å². The Labute approximate surface area is 164 Å². The highest BCUT2D eigenvalue weighted by Gasteiger charge is 2.21. The molecule has 0 radical (unpaired) electrons. The van der Waals surface area contributed by atoms with Gasteiger partial charge in [-0.3, -0.25) is 0 Å². The molecule has 1 unspecified atom stereocenters. The van der Waals surface area contributed by atoms with Crippen molar-refractivity contribution in [3.05, 3.63) is 41.5 Å². The normalized spacial score (nSPS) is 17.3. The molecule has 27 heavy (non-hydrogen) atoms. The number of fused-ring (bicyclic) bond motifs is 1. The van der Waals surface area contributed by atoms with E-state index in [0.29, 0.717) is 6.61 Å². The van der Waals surface area contributed by atoms with E-state index in [2.05, 4.69) is 41.6 Å². The molecule has 0 spiro atoms. The van der Waals surface area contributed by atoms with E-state index in [0.717, 1.165) is 41.4 Å². The van der Waals surface area contributed by atoms with Crippen LogP contribution in [0, 0.1) is 0 Å². The van der Waals surface area contributed by atoms with E-state index in [1.54, 1.807) is 18.4 Å². The second-order valence-corrected chi connectivity index (χ2v) is 7.82. The number of nitrogens with zero attached hydrogens (tertiary/aromatic N) is 3. The lowest BCUT2D eigenvalue weighted by molar-refractivity contribution is 0.0215. The largest absolute Gasteiger partial charge is 0.377 e. The minimum atomic E-state index is 0.262. The van der Waals surface area contributed by atoms with Gasteiger partial charge in [-0.15, -0.1) is 11.3 Å². The van der Waals surface area contributed by atoms with Gasteiger partial charge in [0.1, 0.15) is 17.3 Å². The highest BCUT2D eigenvalue weighted by Crippen LogP contribution is 2.38. The smallest absolute Gasteiger partial charge is 0.158 e. The van der Waals surface area contributed by atoms with Gasteiger partial charge in [0, 0.05) is 38.3 Å². The zero-order valence-corrected chi connectivity index (χ0v) is 16.7. The minimum Gasteiger partial charge on any atom is -0.377 e. The summed E-state index contributed by atoms with van der Waals surface area (Å²) in [5.41, 5.74) is 2.38. The minimum absolute atomic E-state index is 0.262. The lowest BCUT2D eigenvalue weighted by Crippen LogP contribution is -2.34. The molecule has 5 nitrogen and oxygen atoms in total. The fourth-order valence-corrected chi connectivity index (χ4v) is 4.57. The Morgan fingerprint density at radius 1 is 1.22 bits per heavy atom. The Hall–Kier alpha value is -2.02. The summed E-state index contributed by atoms with van der Waals surface area (Å²) in [6.45, 7) is 2.11. The van der Waals surface area contributed by atoms with Crippen molar-refractivity contribution in [2.45, 2.75) is 32.0 Å². The van der Waals surface area contributed by atoms with E-state index in [9.17, 15) is 0 Å². The molecular weight excluding hydrogens is 358 g/mol. The number of hydrogen-bond acceptors (Lipinski definition) is 6. The number of anilines is 1. The maximum absolute atomic E-state index is 5.95. The molecule has 3 heterocycles. The lowest BCUT2D eigenvalue weighted by Gasteiger charge is -2.28. The number of likely N-dealkylation sites (N-methyl/N-ethyl adjacent to an activating group) is 1. The molecule has 1 atom stereocenters. The van der Waals surface area contributed by atoms with Crippen molar-refractivity contribution in [1.29, 1.82) is 0 Å². The van der Waals surface area contributed by atoms with Gasteiger partial charge >= 0.3 is 0 Å². The molecule has 142 valence electrons. The summed E-state index contributed by atoms with van der Waals surface area (Å²) in [7, 11) is 3.78. The molecule has 2 aromatic heterocycles. The van der Waals surface area contributed by atoms with Gasteiger partial charge in [-0.25, -0.2) is 9.97 Å². The van der Waals surface area contributed by atoms with Crippen molar-refractivity contribution < 1.29 is 9.47 Å². The average molecular weight is 384 g/mol. The van der Waals surface area contributed by atoms with Crippen molar-refractivity contribution in [1.82, 2.24) is 9.97 Å². The van der Waals surface area contributed by atoms with E-state index in [1.807, 2.05) is 6.07 Å². The van der Waals surface area contributed by atoms with Crippen molar-refractivity contribution in [3.63, 3.8) is 0 Å². The first-order chi connectivity index (χ1) is 13.3. The molecule has 6 heteroatoms. The van der Waals surface area contributed by atoms with Crippen LogP contribution in [0.5, 0.6) is 0 Å². The first-order valence-corrected chi connectivity index (χ1v) is 10.3. The second kappa shape index (κ2) is 8.33. The quantitative estimate of drug-likeness (QED) is 0.627. The standard InChI is InChI=1S/C21H25N3O2S/c1-24(12-16-10-6-7-11-26-16)20-19-17(15-8-4-3-5-9-15)14-27-21(19)23-18(22-20)13-25-2/h3-5,8-9,14,16H,6-7,10-13H2,1-2H3. The molecule has 1 aromatic carbocycles. The van der Waals surface area contributed by atoms with Crippen molar-refractivity contribution >= 4 is 27.4 Å². The number of thiophene rings is 1. The summed E-state index contributed by atoms with van der Waals surface area (Å²) in [5.74, 6) is 1.68. The maximum Gasteiger partial charge on any atom is 0.158 e. The number of hydrogen-bond donors (Lipinski definition) is 0. The van der Waals surface area contributed by atoms with Gasteiger partial charge in [0.2, 0.25) is 0 Å². The molecule has 1 saturated heterocycles. The van der Waals surface area contributed by atoms with Gasteiger partial charge in [-0.2, -0.15) is 0 Å². The van der Waals surface area contributed by atoms with Crippen LogP contribution in [0.4, 0.5) is 5.82 Å². The van der Waals surface area contributed by atoms with Gasteiger partial charge < -0.3 is 14.4 Å². The number of benzene rings is 1. The highest BCUT2D eigenvalue weighted by atomic mass is 32.1. The molecule has 0 aliphatic carbocycles. The van der Waals surface area contributed by atoms with Crippen LogP contribution in [0.3, 0.4) is 0 Å². The van der Waals surface area contributed by atoms with Gasteiger partial charge in [0.25, 0.3) is 0 Å². The zero-order valence-electron chi connectivity index (χ0n) is 15.9. The molecule has 0 saturated carbocycles. The summed E-state index contributed by atoms with van der Waals surface area (Å²) in [5, 5.41) is 3.30. The Balaban J connectivity index is 1.76. The number of ether oxygens (including phenoxy) is 2. The van der Waals surface area contributed by atoms with E-state index >= 15 is 0 Å². The molecule has 1 aliphatic rings. The van der Waals surface area contributed by atoms with Crippen molar-refractivity contribution in [2.75, 3.05) is 32.2 Å². The summed E-state index contributed by atoms with van der Waals surface area (Å²) in [6.07, 6.45) is 3.77. The SMILES string of the molecule is COCc1nc(N(C)CC2CCCCO2)c2c(-c3ccccc3)csc2n1. The van der Waals surface area contributed by atoms with Gasteiger partial charge in [-0.05, 0) is 24.8 Å². The first kappa shape index (κ1) is 18.3. The van der Waals surface area contributed by atoms with Crippen LogP contribution < -0.4 is 4.90 Å². The molecule has 1 fully saturated rings. The fraction of sp³-hybridized carbons (Fsp3) is 0.429. The molecular formula is C21H25N3O2S. The lowest BCUT2D eigenvalue weighted by atomic mass is 10.1. The van der Waals surface area contributed by atoms with Crippen LogP contribution >= 0.6 is 11.3 Å². The molecule has 0 amide bonds. The van der Waals surface area contributed by atoms with Crippen molar-refractivity contribution in [2.24, 2.45) is 0 Å². The summed E-state index contributed by atoms with van der Waals surface area (Å²) in [4.78, 5) is 12.8. The number of rotatable bonds is 6. The summed E-state index contributed by atoms with van der Waals surface area (Å²) < 4.78 is 11.2. The maximum atomic E-state index is 5.95. The summed E-state index contributed by atoms with van der Waals surface area (Å²) >= 11 is 1.66. The Morgan fingerprint density at radius 3 is 2.81 bits per heavy atom. The van der Waals surface area contributed by atoms with E-state index < -0.39 is 0 Å². The van der Waals surface area contributed by atoms with Gasteiger partial charge in [-0.1, -0.05) is 30.3 Å². The van der Waals surface area contributed by atoms with E-state index in [-0.39, 0.29) is 6.10 Å².